The highest BCUT2D eigenvalue weighted by atomic mass is 16.7. The molecule has 2 rings (SSSR count). The van der Waals surface area contributed by atoms with Gasteiger partial charge in [-0.05, 0) is 6.08 Å². The van der Waals surface area contributed by atoms with Gasteiger partial charge in [-0.1, -0.05) is 6.58 Å². The van der Waals surface area contributed by atoms with Crippen LogP contribution in [-0.4, -0.2) is 119 Å². The van der Waals surface area contributed by atoms with E-state index in [-0.39, 0.29) is 38.4 Å². The van der Waals surface area contributed by atoms with Crippen LogP contribution in [0.4, 0.5) is 0 Å². The van der Waals surface area contributed by atoms with Gasteiger partial charge in [-0.25, -0.2) is 4.79 Å². The van der Waals surface area contributed by atoms with Crippen molar-refractivity contribution in [2.75, 3.05) is 85.8 Å². The molecule has 208 valence electrons. The second-order valence-corrected chi connectivity index (χ2v) is 7.78. The van der Waals surface area contributed by atoms with E-state index in [1.165, 1.54) is 6.08 Å². The smallest absolute Gasteiger partial charge is 0.335 e. The Morgan fingerprint density at radius 1 is 0.676 bits per heavy atom. The first kappa shape index (κ1) is 30.5. The van der Waals surface area contributed by atoms with Crippen molar-refractivity contribution in [2.45, 2.75) is 19.3 Å². The monoisotopic (exact) mass is 528 g/mol. The molecule has 2 heterocycles. The third-order valence-corrected chi connectivity index (χ3v) is 5.00. The number of carbonyl (C=O) groups excluding carboxylic acids is 4. The highest BCUT2D eigenvalue weighted by molar-refractivity contribution is 6.01. The lowest BCUT2D eigenvalue weighted by molar-refractivity contribution is -0.198. The summed E-state index contributed by atoms with van der Waals surface area (Å²) in [6, 6.07) is 0. The van der Waals surface area contributed by atoms with E-state index >= 15 is 0 Å². The summed E-state index contributed by atoms with van der Waals surface area (Å²) in [4.78, 5) is 52.1. The predicted molar refractivity (Wildman–Crippen MR) is 127 cm³/mol. The molecule has 0 bridgehead atoms. The molecule has 0 atom stereocenters. The molecule has 0 aliphatic carbocycles. The first-order valence-corrected chi connectivity index (χ1v) is 12.2. The van der Waals surface area contributed by atoms with Gasteiger partial charge in [-0.3, -0.25) is 14.4 Å². The van der Waals surface area contributed by atoms with E-state index in [9.17, 15) is 19.2 Å². The maximum atomic E-state index is 11.6. The van der Waals surface area contributed by atoms with Crippen molar-refractivity contribution in [2.24, 2.45) is 0 Å². The molecule has 0 N–H and O–H groups in total. The number of hydrogen-bond donors (Lipinski definition) is 0. The van der Waals surface area contributed by atoms with Crippen LogP contribution in [0.5, 0.6) is 0 Å². The fourth-order valence-corrected chi connectivity index (χ4v) is 3.06. The van der Waals surface area contributed by atoms with Crippen LogP contribution in [0, 0.1) is 0 Å². The SMILES string of the molecule is C=C1C=CC(=O)N1CCOCCOCCOCCOCCOCCOCCC(=O)ON1C(=O)CCC1=O. The zero-order valence-corrected chi connectivity index (χ0v) is 21.1. The predicted octanol–water partition coefficient (Wildman–Crippen LogP) is -0.00460. The molecular formula is C24H36N2O11. The highest BCUT2D eigenvalue weighted by Crippen LogP contribution is 2.13. The summed E-state index contributed by atoms with van der Waals surface area (Å²) in [5.41, 5.74) is 0.678. The summed E-state index contributed by atoms with van der Waals surface area (Å²) < 4.78 is 32.3. The average molecular weight is 529 g/mol. The minimum Gasteiger partial charge on any atom is -0.378 e. The molecule has 1 fully saturated rings. The molecule has 1 saturated heterocycles. The van der Waals surface area contributed by atoms with Gasteiger partial charge in [0.2, 0.25) is 0 Å². The molecule has 3 amide bonds. The van der Waals surface area contributed by atoms with Crippen LogP contribution in [-0.2, 0) is 52.4 Å². The van der Waals surface area contributed by atoms with E-state index in [1.54, 1.807) is 11.0 Å². The molecule has 13 heteroatoms. The molecule has 0 saturated carbocycles. The zero-order chi connectivity index (χ0) is 26.7. The van der Waals surface area contributed by atoms with E-state index in [2.05, 4.69) is 6.58 Å². The zero-order valence-electron chi connectivity index (χ0n) is 21.1. The fraction of sp³-hybridized carbons (Fsp3) is 0.667. The van der Waals surface area contributed by atoms with E-state index in [0.717, 1.165) is 0 Å². The van der Waals surface area contributed by atoms with Crippen molar-refractivity contribution in [3.8, 4) is 0 Å². The number of hydroxylamine groups is 2. The van der Waals surface area contributed by atoms with Crippen molar-refractivity contribution in [1.82, 2.24) is 9.96 Å². The van der Waals surface area contributed by atoms with Gasteiger partial charge in [0.25, 0.3) is 17.7 Å². The normalized spacial score (nSPS) is 15.5. The van der Waals surface area contributed by atoms with Gasteiger partial charge in [-0.15, -0.1) is 5.06 Å². The maximum absolute atomic E-state index is 11.6. The molecule has 2 aliphatic heterocycles. The number of allylic oxidation sites excluding steroid dienone is 1. The lowest BCUT2D eigenvalue weighted by atomic mass is 10.4. The van der Waals surface area contributed by atoms with Gasteiger partial charge >= 0.3 is 5.97 Å². The van der Waals surface area contributed by atoms with Crippen LogP contribution in [0.1, 0.15) is 19.3 Å². The van der Waals surface area contributed by atoms with Crippen molar-refractivity contribution in [3.63, 3.8) is 0 Å². The third-order valence-electron chi connectivity index (χ3n) is 5.00. The Hall–Kier alpha value is -2.68. The minimum absolute atomic E-state index is 0.0599. The fourth-order valence-electron chi connectivity index (χ4n) is 3.06. The highest BCUT2D eigenvalue weighted by Gasteiger charge is 2.32. The summed E-state index contributed by atoms with van der Waals surface area (Å²) in [7, 11) is 0. The number of amides is 3. The third kappa shape index (κ3) is 12.9. The van der Waals surface area contributed by atoms with Crippen LogP contribution in [0.2, 0.25) is 0 Å². The molecule has 37 heavy (non-hydrogen) atoms. The van der Waals surface area contributed by atoms with Crippen LogP contribution in [0.3, 0.4) is 0 Å². The van der Waals surface area contributed by atoms with E-state index < -0.39 is 17.8 Å². The first-order valence-electron chi connectivity index (χ1n) is 12.2. The van der Waals surface area contributed by atoms with Gasteiger partial charge < -0.3 is 38.2 Å². The van der Waals surface area contributed by atoms with Crippen LogP contribution in [0.15, 0.2) is 24.4 Å². The minimum atomic E-state index is -0.700. The summed E-state index contributed by atoms with van der Waals surface area (Å²) in [5.74, 6) is -1.79. The standard InChI is InChI=1S/C24H36N2O11/c1-20-2-3-21(27)25(20)7-9-32-11-13-34-15-17-36-19-18-35-16-14-33-12-10-31-8-6-24(30)37-26-22(28)4-5-23(26)29/h2-3H,1,4-19H2. The van der Waals surface area contributed by atoms with Gasteiger partial charge in [-0.2, -0.15) is 0 Å². The Balaban J connectivity index is 1.23. The quantitative estimate of drug-likeness (QED) is 0.138. The number of nitrogens with zero attached hydrogens (tertiary/aromatic N) is 2. The summed E-state index contributed by atoms with van der Waals surface area (Å²) in [5, 5.41) is 0.515. The number of ether oxygens (including phenoxy) is 6. The summed E-state index contributed by atoms with van der Waals surface area (Å²) in [6.45, 7) is 8.84. The summed E-state index contributed by atoms with van der Waals surface area (Å²) in [6.07, 6.45) is 3.22. The Kier molecular flexibility index (Phi) is 15.3. The Bertz CT molecular complexity index is 753. The molecule has 0 aromatic carbocycles. The average Bonchev–Trinajstić information content (AvgIpc) is 3.37. The van der Waals surface area contributed by atoms with Gasteiger partial charge in [0.15, 0.2) is 0 Å². The Labute approximate surface area is 216 Å². The molecule has 0 aromatic heterocycles. The lowest BCUT2D eigenvalue weighted by Gasteiger charge is -2.16. The van der Waals surface area contributed by atoms with E-state index in [1.807, 2.05) is 0 Å². The van der Waals surface area contributed by atoms with Crippen LogP contribution >= 0.6 is 0 Å². The largest absolute Gasteiger partial charge is 0.378 e. The lowest BCUT2D eigenvalue weighted by Crippen LogP contribution is -2.32. The molecule has 2 aliphatic rings. The number of hydrogen-bond acceptors (Lipinski definition) is 11. The molecule has 0 radical (unpaired) electrons. The number of carbonyl (C=O) groups is 4. The van der Waals surface area contributed by atoms with Crippen molar-refractivity contribution in [3.05, 3.63) is 24.4 Å². The molecular weight excluding hydrogens is 492 g/mol. The number of imide groups is 1. The van der Waals surface area contributed by atoms with E-state index in [4.69, 9.17) is 33.3 Å². The second kappa shape index (κ2) is 18.5. The number of rotatable bonds is 22. The molecule has 0 spiro atoms. The second-order valence-electron chi connectivity index (χ2n) is 7.78. The molecule has 0 aromatic rings. The maximum Gasteiger partial charge on any atom is 0.335 e. The van der Waals surface area contributed by atoms with Crippen LogP contribution < -0.4 is 0 Å². The molecule has 13 nitrogen and oxygen atoms in total. The Morgan fingerprint density at radius 2 is 1.11 bits per heavy atom. The van der Waals surface area contributed by atoms with Crippen molar-refractivity contribution in [1.29, 1.82) is 0 Å². The Morgan fingerprint density at radius 3 is 1.54 bits per heavy atom. The first-order chi connectivity index (χ1) is 18.0. The van der Waals surface area contributed by atoms with Crippen molar-refractivity contribution < 1.29 is 52.4 Å². The van der Waals surface area contributed by atoms with Crippen LogP contribution in [0.25, 0.3) is 0 Å². The van der Waals surface area contributed by atoms with Gasteiger partial charge in [0.05, 0.1) is 85.7 Å². The van der Waals surface area contributed by atoms with Gasteiger partial charge in [0, 0.05) is 31.2 Å². The van der Waals surface area contributed by atoms with Gasteiger partial charge in [0.1, 0.15) is 0 Å². The van der Waals surface area contributed by atoms with Crippen molar-refractivity contribution >= 4 is 23.7 Å². The van der Waals surface area contributed by atoms with E-state index in [0.29, 0.717) is 83.4 Å². The topological polar surface area (TPSA) is 139 Å². The summed E-state index contributed by atoms with van der Waals surface area (Å²) >= 11 is 0. The molecule has 0 unspecified atom stereocenters.